The molecule has 1 aromatic rings. The average Bonchev–Trinajstić information content (AvgIpc) is 2.36. The Hall–Kier alpha value is -1.07. The summed E-state index contributed by atoms with van der Waals surface area (Å²) in [5.41, 5.74) is 0.398. The van der Waals surface area contributed by atoms with Crippen molar-refractivity contribution in [3.63, 3.8) is 0 Å². The lowest BCUT2D eigenvalue weighted by molar-refractivity contribution is 0.0912. The molecule has 1 amide bonds. The van der Waals surface area contributed by atoms with Gasteiger partial charge in [-0.2, -0.15) is 0 Å². The summed E-state index contributed by atoms with van der Waals surface area (Å²) in [4.78, 5) is 11.8. The van der Waals surface area contributed by atoms with E-state index in [0.717, 1.165) is 12.8 Å². The topological polar surface area (TPSA) is 38.3 Å². The highest BCUT2D eigenvalue weighted by Crippen LogP contribution is 2.13. The van der Waals surface area contributed by atoms with E-state index in [1.165, 1.54) is 18.2 Å². The van der Waals surface area contributed by atoms with Crippen molar-refractivity contribution < 1.29 is 13.9 Å². The van der Waals surface area contributed by atoms with E-state index in [2.05, 4.69) is 24.9 Å². The van der Waals surface area contributed by atoms with Gasteiger partial charge in [0.15, 0.2) is 0 Å². The van der Waals surface area contributed by atoms with E-state index >= 15 is 0 Å². The molecule has 0 aliphatic rings. The minimum Gasteiger partial charge on any atom is -0.380 e. The summed E-state index contributed by atoms with van der Waals surface area (Å²) in [7, 11) is 0. The van der Waals surface area contributed by atoms with Crippen LogP contribution in [0.2, 0.25) is 0 Å². The molecule has 1 rings (SSSR count). The molecule has 3 nitrogen and oxygen atoms in total. The predicted octanol–water partition coefficient (Wildman–Crippen LogP) is 2.66. The minimum atomic E-state index is -0.433. The largest absolute Gasteiger partial charge is 0.380 e. The smallest absolute Gasteiger partial charge is 0.251 e. The first-order chi connectivity index (χ1) is 8.65. The highest BCUT2D eigenvalue weighted by molar-refractivity contribution is 7.80. The fourth-order valence-electron chi connectivity index (χ4n) is 1.34. The molecular weight excluding hydrogens is 253 g/mol. The number of hydrogen-bond donors (Lipinski definition) is 2. The monoisotopic (exact) mass is 271 g/mol. The van der Waals surface area contributed by atoms with E-state index in [1.54, 1.807) is 0 Å². The number of nitrogens with one attached hydrogen (secondary N) is 1. The standard InChI is InChI=1S/C13H18FNO2S/c1-2-3-7-17-8-6-15-13(16)10-4-5-11(14)12(18)9-10/h4-5,9,18H,2-3,6-8H2,1H3,(H,15,16). The number of carbonyl (C=O) groups excluding carboxylic acids is 1. The molecule has 0 saturated carbocycles. The number of amides is 1. The third-order valence-electron chi connectivity index (χ3n) is 2.38. The molecule has 0 unspecified atom stereocenters. The molecule has 0 aliphatic heterocycles. The summed E-state index contributed by atoms with van der Waals surface area (Å²) in [6.45, 7) is 3.74. The first-order valence-electron chi connectivity index (χ1n) is 5.99. The first kappa shape index (κ1) is 15.0. The van der Waals surface area contributed by atoms with Gasteiger partial charge in [-0.25, -0.2) is 4.39 Å². The lowest BCUT2D eigenvalue weighted by Gasteiger charge is -2.06. The van der Waals surface area contributed by atoms with Crippen LogP contribution in [0, 0.1) is 5.82 Å². The Kier molecular flexibility index (Phi) is 6.75. The van der Waals surface area contributed by atoms with Crippen LogP contribution in [0.4, 0.5) is 4.39 Å². The number of halogens is 1. The molecule has 0 aliphatic carbocycles. The van der Waals surface area contributed by atoms with Crippen molar-refractivity contribution in [3.8, 4) is 0 Å². The number of ether oxygens (including phenoxy) is 1. The molecule has 100 valence electrons. The van der Waals surface area contributed by atoms with E-state index in [0.29, 0.717) is 25.3 Å². The van der Waals surface area contributed by atoms with Crippen molar-refractivity contribution in [1.29, 1.82) is 0 Å². The van der Waals surface area contributed by atoms with Crippen LogP contribution in [0.25, 0.3) is 0 Å². The van der Waals surface area contributed by atoms with Crippen molar-refractivity contribution in [2.24, 2.45) is 0 Å². The zero-order valence-corrected chi connectivity index (χ0v) is 11.3. The fraction of sp³-hybridized carbons (Fsp3) is 0.462. The van der Waals surface area contributed by atoms with E-state index in [-0.39, 0.29) is 10.8 Å². The molecule has 0 saturated heterocycles. The molecule has 0 spiro atoms. The number of hydrogen-bond acceptors (Lipinski definition) is 3. The SMILES string of the molecule is CCCCOCCNC(=O)c1ccc(F)c(S)c1. The van der Waals surface area contributed by atoms with Gasteiger partial charge in [0, 0.05) is 23.6 Å². The Bertz CT molecular complexity index is 399. The molecule has 0 fully saturated rings. The van der Waals surface area contributed by atoms with E-state index in [9.17, 15) is 9.18 Å². The number of thiol groups is 1. The fourth-order valence-corrected chi connectivity index (χ4v) is 1.55. The number of benzene rings is 1. The summed E-state index contributed by atoms with van der Waals surface area (Å²) in [5, 5.41) is 2.70. The molecular formula is C13H18FNO2S. The summed E-state index contributed by atoms with van der Waals surface area (Å²) >= 11 is 3.93. The Labute approximate surface area is 112 Å². The maximum Gasteiger partial charge on any atom is 0.251 e. The normalized spacial score (nSPS) is 10.4. The molecule has 0 aromatic heterocycles. The van der Waals surface area contributed by atoms with Crippen molar-refractivity contribution in [2.45, 2.75) is 24.7 Å². The van der Waals surface area contributed by atoms with Crippen LogP contribution in [0.1, 0.15) is 30.1 Å². The third kappa shape index (κ3) is 5.06. The van der Waals surface area contributed by atoms with Gasteiger partial charge in [-0.05, 0) is 24.6 Å². The van der Waals surface area contributed by atoms with Crippen LogP contribution in [-0.2, 0) is 4.74 Å². The lowest BCUT2D eigenvalue weighted by Crippen LogP contribution is -2.27. The van der Waals surface area contributed by atoms with Gasteiger partial charge in [-0.1, -0.05) is 13.3 Å². The van der Waals surface area contributed by atoms with Gasteiger partial charge < -0.3 is 10.1 Å². The van der Waals surface area contributed by atoms with Crippen molar-refractivity contribution >= 4 is 18.5 Å². The van der Waals surface area contributed by atoms with Gasteiger partial charge in [0.1, 0.15) is 5.82 Å². The minimum absolute atomic E-state index is 0.168. The highest BCUT2D eigenvalue weighted by atomic mass is 32.1. The van der Waals surface area contributed by atoms with Crippen LogP contribution < -0.4 is 5.32 Å². The average molecular weight is 271 g/mol. The van der Waals surface area contributed by atoms with Gasteiger partial charge in [-0.15, -0.1) is 12.6 Å². The number of rotatable bonds is 7. The zero-order chi connectivity index (χ0) is 13.4. The summed E-state index contributed by atoms with van der Waals surface area (Å²) < 4.78 is 18.3. The molecule has 0 bridgehead atoms. The lowest BCUT2D eigenvalue weighted by atomic mass is 10.2. The van der Waals surface area contributed by atoms with Crippen molar-refractivity contribution in [2.75, 3.05) is 19.8 Å². The zero-order valence-electron chi connectivity index (χ0n) is 10.4. The maximum absolute atomic E-state index is 13.0. The Morgan fingerprint density at radius 2 is 2.22 bits per heavy atom. The van der Waals surface area contributed by atoms with Crippen molar-refractivity contribution in [3.05, 3.63) is 29.6 Å². The molecule has 0 heterocycles. The number of unbranched alkanes of at least 4 members (excludes halogenated alkanes) is 1. The Morgan fingerprint density at radius 1 is 1.44 bits per heavy atom. The number of carbonyl (C=O) groups is 1. The van der Waals surface area contributed by atoms with E-state index in [4.69, 9.17) is 4.74 Å². The second-order valence-electron chi connectivity index (χ2n) is 3.89. The van der Waals surface area contributed by atoms with Crippen molar-refractivity contribution in [1.82, 2.24) is 5.32 Å². The molecule has 5 heteroatoms. The first-order valence-corrected chi connectivity index (χ1v) is 6.44. The highest BCUT2D eigenvalue weighted by Gasteiger charge is 2.07. The Balaban J connectivity index is 2.30. The van der Waals surface area contributed by atoms with Gasteiger partial charge in [-0.3, -0.25) is 4.79 Å². The van der Waals surface area contributed by atoms with Crippen LogP contribution >= 0.6 is 12.6 Å². The summed E-state index contributed by atoms with van der Waals surface area (Å²) in [5.74, 6) is -0.679. The molecule has 0 atom stereocenters. The molecule has 0 radical (unpaired) electrons. The van der Waals surface area contributed by atoms with Gasteiger partial charge in [0.05, 0.1) is 6.61 Å². The predicted molar refractivity (Wildman–Crippen MR) is 71.7 cm³/mol. The van der Waals surface area contributed by atoms with Crippen LogP contribution in [-0.4, -0.2) is 25.7 Å². The van der Waals surface area contributed by atoms with Gasteiger partial charge in [0.25, 0.3) is 5.91 Å². The van der Waals surface area contributed by atoms with Crippen LogP contribution in [0.5, 0.6) is 0 Å². The summed E-state index contributed by atoms with van der Waals surface area (Å²) in [6, 6.07) is 4.07. The van der Waals surface area contributed by atoms with E-state index < -0.39 is 5.82 Å². The summed E-state index contributed by atoms with van der Waals surface area (Å²) in [6.07, 6.45) is 2.11. The molecule has 1 aromatic carbocycles. The van der Waals surface area contributed by atoms with E-state index in [1.807, 2.05) is 0 Å². The second-order valence-corrected chi connectivity index (χ2v) is 4.37. The Morgan fingerprint density at radius 3 is 2.89 bits per heavy atom. The molecule has 18 heavy (non-hydrogen) atoms. The van der Waals surface area contributed by atoms with Gasteiger partial charge >= 0.3 is 0 Å². The van der Waals surface area contributed by atoms with Gasteiger partial charge in [0.2, 0.25) is 0 Å². The van der Waals surface area contributed by atoms with Crippen LogP contribution in [0.15, 0.2) is 23.1 Å². The quantitative estimate of drug-likeness (QED) is 0.591. The van der Waals surface area contributed by atoms with Crippen LogP contribution in [0.3, 0.4) is 0 Å². The maximum atomic E-state index is 13.0. The second kappa shape index (κ2) is 8.11. The third-order valence-corrected chi connectivity index (χ3v) is 2.73. The molecule has 1 N–H and O–H groups in total.